The average Bonchev–Trinajstić information content (AvgIpc) is 2.09. The standard InChI is InChI=1S/C8H10N2O2S/c1-5-6(4-13)8(10(11)12)3-2-7(5)9/h2-3,13H,4,9H2,1H3. The molecule has 5 heteroatoms. The van der Waals surface area contributed by atoms with Crippen LogP contribution in [-0.4, -0.2) is 4.92 Å². The van der Waals surface area contributed by atoms with E-state index in [2.05, 4.69) is 12.6 Å². The highest BCUT2D eigenvalue weighted by molar-refractivity contribution is 7.79. The van der Waals surface area contributed by atoms with Crippen molar-refractivity contribution in [3.63, 3.8) is 0 Å². The summed E-state index contributed by atoms with van der Waals surface area (Å²) in [5.74, 6) is 0.327. The molecule has 2 N–H and O–H groups in total. The molecule has 0 saturated carbocycles. The molecule has 0 aromatic heterocycles. The van der Waals surface area contributed by atoms with Crippen LogP contribution in [0.1, 0.15) is 11.1 Å². The molecule has 0 unspecified atom stereocenters. The molecule has 13 heavy (non-hydrogen) atoms. The normalized spacial score (nSPS) is 10.0. The van der Waals surface area contributed by atoms with Crippen molar-refractivity contribution in [1.82, 2.24) is 0 Å². The fraction of sp³-hybridized carbons (Fsp3) is 0.250. The molecular formula is C8H10N2O2S. The fourth-order valence-electron chi connectivity index (χ4n) is 1.13. The van der Waals surface area contributed by atoms with Crippen molar-refractivity contribution in [2.24, 2.45) is 0 Å². The van der Waals surface area contributed by atoms with Gasteiger partial charge in [0.1, 0.15) is 0 Å². The molecule has 0 fully saturated rings. The van der Waals surface area contributed by atoms with E-state index in [1.54, 1.807) is 13.0 Å². The van der Waals surface area contributed by atoms with Crippen molar-refractivity contribution in [3.05, 3.63) is 33.4 Å². The summed E-state index contributed by atoms with van der Waals surface area (Å²) in [7, 11) is 0. The maximum Gasteiger partial charge on any atom is 0.273 e. The monoisotopic (exact) mass is 198 g/mol. The van der Waals surface area contributed by atoms with Gasteiger partial charge < -0.3 is 5.73 Å². The van der Waals surface area contributed by atoms with Crippen molar-refractivity contribution in [2.75, 3.05) is 5.73 Å². The molecule has 0 aliphatic heterocycles. The Hall–Kier alpha value is -1.23. The molecule has 70 valence electrons. The third-order valence-corrected chi connectivity index (χ3v) is 2.29. The van der Waals surface area contributed by atoms with E-state index < -0.39 is 4.92 Å². The molecule has 0 atom stereocenters. The predicted octanol–water partition coefficient (Wildman–Crippen LogP) is 1.92. The molecule has 0 bridgehead atoms. The van der Waals surface area contributed by atoms with Crippen LogP contribution in [-0.2, 0) is 5.75 Å². The number of nitrogen functional groups attached to an aromatic ring is 1. The third kappa shape index (κ3) is 1.75. The minimum Gasteiger partial charge on any atom is -0.398 e. The SMILES string of the molecule is Cc1c(N)ccc([N+](=O)[O-])c1CS. The molecule has 1 rings (SSSR count). The summed E-state index contributed by atoms with van der Waals surface area (Å²) < 4.78 is 0. The van der Waals surface area contributed by atoms with Crippen LogP contribution in [0.5, 0.6) is 0 Å². The number of benzene rings is 1. The van der Waals surface area contributed by atoms with Gasteiger partial charge in [-0.05, 0) is 18.6 Å². The second-order valence-electron chi connectivity index (χ2n) is 2.69. The Bertz CT molecular complexity index is 352. The second kappa shape index (κ2) is 3.66. The lowest BCUT2D eigenvalue weighted by Crippen LogP contribution is -1.99. The van der Waals surface area contributed by atoms with Gasteiger partial charge in [-0.15, -0.1) is 0 Å². The summed E-state index contributed by atoms with van der Waals surface area (Å²) in [6, 6.07) is 2.95. The number of thiol groups is 1. The molecule has 0 radical (unpaired) electrons. The van der Waals surface area contributed by atoms with Crippen LogP contribution in [0.15, 0.2) is 12.1 Å². The van der Waals surface area contributed by atoms with Crippen LogP contribution in [0.25, 0.3) is 0 Å². The Balaban J connectivity index is 3.38. The highest BCUT2D eigenvalue weighted by Crippen LogP contribution is 2.27. The minimum atomic E-state index is -0.419. The van der Waals surface area contributed by atoms with Gasteiger partial charge in [-0.25, -0.2) is 0 Å². The molecule has 1 aromatic carbocycles. The fourth-order valence-corrected chi connectivity index (χ4v) is 1.53. The Morgan fingerprint density at radius 1 is 1.62 bits per heavy atom. The maximum absolute atomic E-state index is 10.6. The second-order valence-corrected chi connectivity index (χ2v) is 3.01. The Labute approximate surface area is 81.3 Å². The van der Waals surface area contributed by atoms with E-state index in [1.165, 1.54) is 6.07 Å². The summed E-state index contributed by atoms with van der Waals surface area (Å²) in [5, 5.41) is 10.6. The number of hydrogen-bond donors (Lipinski definition) is 2. The Morgan fingerprint density at radius 2 is 2.23 bits per heavy atom. The smallest absolute Gasteiger partial charge is 0.273 e. The molecular weight excluding hydrogens is 188 g/mol. The molecule has 0 saturated heterocycles. The lowest BCUT2D eigenvalue weighted by molar-refractivity contribution is -0.385. The average molecular weight is 198 g/mol. The van der Waals surface area contributed by atoms with Crippen molar-refractivity contribution >= 4 is 24.0 Å². The molecule has 0 heterocycles. The molecule has 1 aromatic rings. The first-order valence-corrected chi connectivity index (χ1v) is 4.34. The first-order chi connectivity index (χ1) is 6.07. The van der Waals surface area contributed by atoms with Crippen molar-refractivity contribution < 1.29 is 4.92 Å². The zero-order valence-corrected chi connectivity index (χ0v) is 8.04. The van der Waals surface area contributed by atoms with Gasteiger partial charge in [-0.1, -0.05) is 0 Å². The summed E-state index contributed by atoms with van der Waals surface area (Å²) in [5.41, 5.74) is 7.59. The number of nitro benzene ring substituents is 1. The zero-order chi connectivity index (χ0) is 10.0. The van der Waals surface area contributed by atoms with Crippen molar-refractivity contribution in [1.29, 1.82) is 0 Å². The predicted molar refractivity (Wildman–Crippen MR) is 54.9 cm³/mol. The largest absolute Gasteiger partial charge is 0.398 e. The first kappa shape index (κ1) is 9.85. The van der Waals surface area contributed by atoms with E-state index >= 15 is 0 Å². The molecule has 0 aliphatic carbocycles. The van der Waals surface area contributed by atoms with Gasteiger partial charge in [0.15, 0.2) is 0 Å². The van der Waals surface area contributed by atoms with E-state index in [-0.39, 0.29) is 5.69 Å². The number of nitro groups is 1. The van der Waals surface area contributed by atoms with Crippen LogP contribution in [0, 0.1) is 17.0 Å². The van der Waals surface area contributed by atoms with E-state index in [0.29, 0.717) is 17.0 Å². The van der Waals surface area contributed by atoms with Gasteiger partial charge >= 0.3 is 0 Å². The number of nitrogens with two attached hydrogens (primary N) is 1. The summed E-state index contributed by atoms with van der Waals surface area (Å²) >= 11 is 4.03. The Kier molecular flexibility index (Phi) is 2.77. The highest BCUT2D eigenvalue weighted by atomic mass is 32.1. The van der Waals surface area contributed by atoms with Crippen molar-refractivity contribution in [3.8, 4) is 0 Å². The highest BCUT2D eigenvalue weighted by Gasteiger charge is 2.15. The summed E-state index contributed by atoms with van der Waals surface area (Å²) in [4.78, 5) is 10.2. The first-order valence-electron chi connectivity index (χ1n) is 3.71. The Morgan fingerprint density at radius 3 is 2.69 bits per heavy atom. The van der Waals surface area contributed by atoms with Crippen LogP contribution >= 0.6 is 12.6 Å². The van der Waals surface area contributed by atoms with Crippen LogP contribution in [0.2, 0.25) is 0 Å². The van der Waals surface area contributed by atoms with E-state index in [9.17, 15) is 10.1 Å². The van der Waals surface area contributed by atoms with Crippen molar-refractivity contribution in [2.45, 2.75) is 12.7 Å². The van der Waals surface area contributed by atoms with Crippen LogP contribution in [0.3, 0.4) is 0 Å². The topological polar surface area (TPSA) is 69.2 Å². The van der Waals surface area contributed by atoms with Gasteiger partial charge in [0.25, 0.3) is 5.69 Å². The van der Waals surface area contributed by atoms with Crippen LogP contribution < -0.4 is 5.73 Å². The molecule has 0 amide bonds. The maximum atomic E-state index is 10.6. The van der Waals surface area contributed by atoms with E-state index in [4.69, 9.17) is 5.73 Å². The molecule has 4 nitrogen and oxygen atoms in total. The zero-order valence-electron chi connectivity index (χ0n) is 7.15. The third-order valence-electron chi connectivity index (χ3n) is 1.97. The number of rotatable bonds is 2. The van der Waals surface area contributed by atoms with Gasteiger partial charge in [0, 0.05) is 23.1 Å². The van der Waals surface area contributed by atoms with Gasteiger partial charge in [-0.2, -0.15) is 12.6 Å². The molecule has 0 aliphatic rings. The van der Waals surface area contributed by atoms with E-state index in [0.717, 1.165) is 5.56 Å². The molecule has 0 spiro atoms. The summed E-state index contributed by atoms with van der Waals surface area (Å²) in [6.07, 6.45) is 0. The quantitative estimate of drug-likeness (QED) is 0.330. The lowest BCUT2D eigenvalue weighted by atomic mass is 10.1. The van der Waals surface area contributed by atoms with E-state index in [1.807, 2.05) is 0 Å². The minimum absolute atomic E-state index is 0.0849. The number of hydrogen-bond acceptors (Lipinski definition) is 4. The number of nitrogens with zero attached hydrogens (tertiary/aromatic N) is 1. The van der Waals surface area contributed by atoms with Gasteiger partial charge in [0.05, 0.1) is 4.92 Å². The van der Waals surface area contributed by atoms with Gasteiger partial charge in [-0.3, -0.25) is 10.1 Å². The lowest BCUT2D eigenvalue weighted by Gasteiger charge is -2.05. The van der Waals surface area contributed by atoms with Gasteiger partial charge in [0.2, 0.25) is 0 Å². The van der Waals surface area contributed by atoms with Crippen LogP contribution in [0.4, 0.5) is 11.4 Å². The summed E-state index contributed by atoms with van der Waals surface area (Å²) in [6.45, 7) is 1.76. The number of anilines is 1.